The molecule has 6 heteroatoms. The minimum atomic E-state index is -1.17. The van der Waals surface area contributed by atoms with Gasteiger partial charge in [0, 0.05) is 5.02 Å². The van der Waals surface area contributed by atoms with Crippen molar-refractivity contribution in [3.8, 4) is 0 Å². The average Bonchev–Trinajstić information content (AvgIpc) is 3.02. The number of nitrogens with one attached hydrogen (secondary N) is 1. The second kappa shape index (κ2) is 4.27. The highest BCUT2D eigenvalue weighted by Gasteiger charge is 2.55. The second-order valence-electron chi connectivity index (χ2n) is 3.93. The molecule has 2 rings (SSSR count). The molecule has 0 aromatic heterocycles. The van der Waals surface area contributed by atoms with Crippen molar-refractivity contribution in [1.82, 2.24) is 0 Å². The molecule has 1 aromatic rings. The molecular formula is C11H8Cl2FNO2. The molecule has 1 aliphatic carbocycles. The third-order valence-corrected chi connectivity index (χ3v) is 3.34. The van der Waals surface area contributed by atoms with E-state index in [0.29, 0.717) is 12.8 Å². The van der Waals surface area contributed by atoms with Crippen LogP contribution in [0.1, 0.15) is 12.8 Å². The maximum Gasteiger partial charge on any atom is 0.239 e. The fourth-order valence-corrected chi connectivity index (χ4v) is 1.90. The summed E-state index contributed by atoms with van der Waals surface area (Å²) in [7, 11) is 0. The van der Waals surface area contributed by atoms with E-state index in [1.165, 1.54) is 12.1 Å². The fraction of sp³-hybridized carbons (Fsp3) is 0.273. The first-order chi connectivity index (χ1) is 7.95. The standard InChI is InChI=1S/C11H8Cl2FNO2/c12-6-1-2-8(7(14)5-6)15-10(17)11(3-4-11)9(13)16/h1-2,5H,3-4H2,(H,15,17). The fourth-order valence-electron chi connectivity index (χ4n) is 1.47. The molecule has 1 aliphatic rings. The van der Waals surface area contributed by atoms with Crippen molar-refractivity contribution in [1.29, 1.82) is 0 Å². The highest BCUT2D eigenvalue weighted by molar-refractivity contribution is 6.67. The molecule has 0 aliphatic heterocycles. The van der Waals surface area contributed by atoms with E-state index in [1.54, 1.807) is 0 Å². The van der Waals surface area contributed by atoms with Gasteiger partial charge in [0.1, 0.15) is 11.2 Å². The van der Waals surface area contributed by atoms with E-state index in [2.05, 4.69) is 5.32 Å². The lowest BCUT2D eigenvalue weighted by Gasteiger charge is -2.11. The Hall–Kier alpha value is -1.13. The molecule has 1 amide bonds. The summed E-state index contributed by atoms with van der Waals surface area (Å²) >= 11 is 10.9. The number of hydrogen-bond acceptors (Lipinski definition) is 2. The van der Waals surface area contributed by atoms with Gasteiger partial charge in [-0.05, 0) is 42.6 Å². The number of anilines is 1. The Morgan fingerprint density at radius 3 is 2.47 bits per heavy atom. The van der Waals surface area contributed by atoms with Crippen molar-refractivity contribution < 1.29 is 14.0 Å². The summed E-state index contributed by atoms with van der Waals surface area (Å²) in [6, 6.07) is 3.87. The smallest absolute Gasteiger partial charge is 0.239 e. The van der Waals surface area contributed by atoms with Gasteiger partial charge in [-0.2, -0.15) is 0 Å². The predicted molar refractivity (Wildman–Crippen MR) is 62.6 cm³/mol. The van der Waals surface area contributed by atoms with Crippen LogP contribution in [-0.4, -0.2) is 11.1 Å². The van der Waals surface area contributed by atoms with E-state index >= 15 is 0 Å². The van der Waals surface area contributed by atoms with Crippen molar-refractivity contribution >= 4 is 40.0 Å². The molecule has 1 fully saturated rings. The third-order valence-electron chi connectivity index (χ3n) is 2.74. The van der Waals surface area contributed by atoms with Gasteiger partial charge in [-0.3, -0.25) is 9.59 Å². The van der Waals surface area contributed by atoms with Crippen LogP contribution in [0.25, 0.3) is 0 Å². The zero-order chi connectivity index (χ0) is 12.6. The van der Waals surface area contributed by atoms with Crippen LogP contribution in [0, 0.1) is 11.2 Å². The van der Waals surface area contributed by atoms with Crippen molar-refractivity contribution in [3.63, 3.8) is 0 Å². The number of hydrogen-bond donors (Lipinski definition) is 1. The van der Waals surface area contributed by atoms with Gasteiger partial charge in [-0.1, -0.05) is 11.6 Å². The van der Waals surface area contributed by atoms with Crippen LogP contribution < -0.4 is 5.32 Å². The quantitative estimate of drug-likeness (QED) is 0.681. The number of benzene rings is 1. The van der Waals surface area contributed by atoms with Gasteiger partial charge in [0.2, 0.25) is 11.1 Å². The number of halogens is 3. The van der Waals surface area contributed by atoms with E-state index in [-0.39, 0.29) is 10.7 Å². The summed E-state index contributed by atoms with van der Waals surface area (Å²) in [6.07, 6.45) is 0.798. The molecule has 1 N–H and O–H groups in total. The Labute approximate surface area is 107 Å². The molecule has 1 saturated carbocycles. The highest BCUT2D eigenvalue weighted by Crippen LogP contribution is 2.48. The zero-order valence-electron chi connectivity index (χ0n) is 8.60. The average molecular weight is 276 g/mol. The monoisotopic (exact) mass is 275 g/mol. The van der Waals surface area contributed by atoms with E-state index in [4.69, 9.17) is 23.2 Å². The van der Waals surface area contributed by atoms with Gasteiger partial charge >= 0.3 is 0 Å². The third kappa shape index (κ3) is 2.28. The lowest BCUT2D eigenvalue weighted by atomic mass is 10.1. The lowest BCUT2D eigenvalue weighted by molar-refractivity contribution is -0.128. The molecule has 1 aromatic carbocycles. The molecule has 3 nitrogen and oxygen atoms in total. The first kappa shape index (κ1) is 12.3. The van der Waals surface area contributed by atoms with Crippen LogP contribution in [0.4, 0.5) is 10.1 Å². The molecule has 0 spiro atoms. The number of amides is 1. The Morgan fingerprint density at radius 2 is 2.00 bits per heavy atom. The topological polar surface area (TPSA) is 46.2 Å². The minimum Gasteiger partial charge on any atom is -0.323 e. The molecule has 0 atom stereocenters. The predicted octanol–water partition coefficient (Wildman–Crippen LogP) is 2.96. The van der Waals surface area contributed by atoms with Crippen LogP contribution in [0.3, 0.4) is 0 Å². The lowest BCUT2D eigenvalue weighted by Crippen LogP contribution is -2.29. The SMILES string of the molecule is O=C(Cl)C1(C(=O)Nc2ccc(Cl)cc2F)CC1. The summed E-state index contributed by atoms with van der Waals surface area (Å²) in [5, 5.41) is 1.87. The zero-order valence-corrected chi connectivity index (χ0v) is 10.1. The maximum absolute atomic E-state index is 13.4. The molecule has 0 bridgehead atoms. The largest absolute Gasteiger partial charge is 0.323 e. The normalized spacial score (nSPS) is 16.4. The van der Waals surface area contributed by atoms with Crippen LogP contribution in [0.15, 0.2) is 18.2 Å². The van der Waals surface area contributed by atoms with Gasteiger partial charge in [0.25, 0.3) is 0 Å². The molecule has 0 unspecified atom stereocenters. The molecule has 0 heterocycles. The summed E-state index contributed by atoms with van der Waals surface area (Å²) in [6.45, 7) is 0. The first-order valence-electron chi connectivity index (χ1n) is 4.92. The van der Waals surface area contributed by atoms with E-state index < -0.39 is 22.4 Å². The van der Waals surface area contributed by atoms with Gasteiger partial charge in [0.05, 0.1) is 5.69 Å². The Morgan fingerprint density at radius 1 is 1.35 bits per heavy atom. The molecule has 0 radical (unpaired) electrons. The van der Waals surface area contributed by atoms with Crippen molar-refractivity contribution in [2.75, 3.05) is 5.32 Å². The summed E-state index contributed by atoms with van der Waals surface area (Å²) in [5.41, 5.74) is -1.18. The van der Waals surface area contributed by atoms with Crippen molar-refractivity contribution in [3.05, 3.63) is 29.0 Å². The summed E-state index contributed by atoms with van der Waals surface area (Å²) < 4.78 is 13.4. The Balaban J connectivity index is 2.17. The number of rotatable bonds is 3. The summed E-state index contributed by atoms with van der Waals surface area (Å²) in [5.74, 6) is -1.22. The van der Waals surface area contributed by atoms with Crippen LogP contribution in [0.5, 0.6) is 0 Å². The number of carbonyl (C=O) groups is 2. The van der Waals surface area contributed by atoms with Gasteiger partial charge in [-0.15, -0.1) is 0 Å². The van der Waals surface area contributed by atoms with E-state index in [1.807, 2.05) is 0 Å². The van der Waals surface area contributed by atoms with E-state index in [0.717, 1.165) is 6.07 Å². The van der Waals surface area contributed by atoms with Gasteiger partial charge in [-0.25, -0.2) is 4.39 Å². The summed E-state index contributed by atoms with van der Waals surface area (Å²) in [4.78, 5) is 22.8. The van der Waals surface area contributed by atoms with Gasteiger partial charge < -0.3 is 5.32 Å². The maximum atomic E-state index is 13.4. The molecular weight excluding hydrogens is 268 g/mol. The first-order valence-corrected chi connectivity index (χ1v) is 5.68. The van der Waals surface area contributed by atoms with Gasteiger partial charge in [0.15, 0.2) is 0 Å². The molecule has 0 saturated heterocycles. The van der Waals surface area contributed by atoms with E-state index in [9.17, 15) is 14.0 Å². The molecule has 90 valence electrons. The Kier molecular flexibility index (Phi) is 3.10. The van der Waals surface area contributed by atoms with Crippen LogP contribution >= 0.6 is 23.2 Å². The van der Waals surface area contributed by atoms with Crippen molar-refractivity contribution in [2.24, 2.45) is 5.41 Å². The number of carbonyl (C=O) groups excluding carboxylic acids is 2. The minimum absolute atomic E-state index is 0.0106. The van der Waals surface area contributed by atoms with Crippen LogP contribution in [-0.2, 0) is 9.59 Å². The Bertz CT molecular complexity index is 500. The van der Waals surface area contributed by atoms with Crippen molar-refractivity contribution in [2.45, 2.75) is 12.8 Å². The highest BCUT2D eigenvalue weighted by atomic mass is 35.5. The second-order valence-corrected chi connectivity index (χ2v) is 4.71. The molecule has 17 heavy (non-hydrogen) atoms. The van der Waals surface area contributed by atoms with Crippen LogP contribution in [0.2, 0.25) is 5.02 Å².